The Morgan fingerprint density at radius 1 is 0.917 bits per heavy atom. The van der Waals surface area contributed by atoms with Crippen molar-refractivity contribution in [2.45, 2.75) is 95.5 Å². The van der Waals surface area contributed by atoms with Crippen molar-refractivity contribution < 1.29 is 45.8 Å². The fourth-order valence-electron chi connectivity index (χ4n) is 6.75. The van der Waals surface area contributed by atoms with Gasteiger partial charge in [-0.3, -0.25) is 4.79 Å². The Labute approximate surface area is 273 Å². The molecule has 1 aliphatic carbocycles. The first kappa shape index (κ1) is 35.0. The number of alkyl halides is 6. The number of amides is 1. The fraction of sp³-hybridized carbons (Fsp3) is 0.515. The van der Waals surface area contributed by atoms with Gasteiger partial charge in [-0.1, -0.05) is 0 Å². The summed E-state index contributed by atoms with van der Waals surface area (Å²) in [6.07, 6.45) is -1.88. The number of aromatic nitrogens is 3. The monoisotopic (exact) mass is 681 g/mol. The molecule has 1 amide bonds. The van der Waals surface area contributed by atoms with Crippen LogP contribution in [-0.4, -0.2) is 60.8 Å². The van der Waals surface area contributed by atoms with Crippen LogP contribution in [0.3, 0.4) is 0 Å². The Morgan fingerprint density at radius 2 is 1.48 bits per heavy atom. The zero-order valence-electron chi connectivity index (χ0n) is 26.6. The van der Waals surface area contributed by atoms with Crippen LogP contribution < -0.4 is 4.90 Å². The van der Waals surface area contributed by atoms with Crippen LogP contribution in [0, 0.1) is 5.92 Å². The SMILES string of the molecule is C[C@@H]1C[C@H](N(Cc2cc(C(F)(F)F)cc(C(F)(F)F)c2)c2ncc(-c3ccn(C)c3)cn2)C[C@H](C)N1C(=O)O[C@H]1CC[C@H](C(=O)O)CC1. The summed E-state index contributed by atoms with van der Waals surface area (Å²) in [5.41, 5.74) is -1.54. The van der Waals surface area contributed by atoms with Gasteiger partial charge in [-0.05, 0) is 82.2 Å². The molecule has 3 aromatic rings. The number of carboxylic acid groups (broad SMARTS) is 1. The molecule has 260 valence electrons. The van der Waals surface area contributed by atoms with E-state index in [2.05, 4.69) is 9.97 Å². The molecule has 0 spiro atoms. The number of hydrogen-bond acceptors (Lipinski definition) is 6. The van der Waals surface area contributed by atoms with Gasteiger partial charge in [0.05, 0.1) is 17.0 Å². The summed E-state index contributed by atoms with van der Waals surface area (Å²) in [6.45, 7) is 3.25. The number of hydrogen-bond donors (Lipinski definition) is 1. The van der Waals surface area contributed by atoms with Gasteiger partial charge in [0, 0.05) is 67.6 Å². The average molecular weight is 682 g/mol. The van der Waals surface area contributed by atoms with E-state index in [1.165, 1.54) is 0 Å². The van der Waals surface area contributed by atoms with Gasteiger partial charge in [0.25, 0.3) is 0 Å². The molecule has 3 heterocycles. The highest BCUT2D eigenvalue weighted by atomic mass is 19.4. The van der Waals surface area contributed by atoms with Gasteiger partial charge in [0.2, 0.25) is 5.95 Å². The van der Waals surface area contributed by atoms with Crippen LogP contribution in [0.5, 0.6) is 0 Å². The molecule has 1 saturated carbocycles. The molecular weight excluding hydrogens is 644 g/mol. The van der Waals surface area contributed by atoms with E-state index in [9.17, 15) is 41.0 Å². The average Bonchev–Trinajstić information content (AvgIpc) is 3.45. The number of nitrogens with zero attached hydrogens (tertiary/aromatic N) is 5. The maximum atomic E-state index is 13.7. The summed E-state index contributed by atoms with van der Waals surface area (Å²) in [4.78, 5) is 36.8. The molecule has 9 nitrogen and oxygen atoms in total. The number of aryl methyl sites for hydroxylation is 1. The highest BCUT2D eigenvalue weighted by Crippen LogP contribution is 2.38. The van der Waals surface area contributed by atoms with E-state index in [1.54, 1.807) is 36.0 Å². The predicted molar refractivity (Wildman–Crippen MR) is 163 cm³/mol. The first-order valence-corrected chi connectivity index (χ1v) is 15.7. The lowest BCUT2D eigenvalue weighted by molar-refractivity contribution is -0.144. The quantitative estimate of drug-likeness (QED) is 0.257. The lowest BCUT2D eigenvalue weighted by Crippen LogP contribution is -2.56. The van der Waals surface area contributed by atoms with Gasteiger partial charge < -0.3 is 24.2 Å². The number of anilines is 1. The number of likely N-dealkylation sites (tertiary alicyclic amines) is 1. The van der Waals surface area contributed by atoms with Crippen LogP contribution in [0.1, 0.15) is 69.1 Å². The number of carbonyl (C=O) groups is 2. The summed E-state index contributed by atoms with van der Waals surface area (Å²) >= 11 is 0. The second-order valence-corrected chi connectivity index (χ2v) is 12.8. The minimum Gasteiger partial charge on any atom is -0.481 e. The zero-order chi connectivity index (χ0) is 35.0. The van der Waals surface area contributed by atoms with E-state index in [0.29, 0.717) is 56.2 Å². The van der Waals surface area contributed by atoms with Crippen molar-refractivity contribution in [3.8, 4) is 11.1 Å². The maximum Gasteiger partial charge on any atom is 0.416 e. The normalized spacial score (nSPS) is 23.5. The molecule has 1 aliphatic heterocycles. The molecule has 0 unspecified atom stereocenters. The number of piperidine rings is 1. The number of aliphatic carboxylic acids is 1. The first-order valence-electron chi connectivity index (χ1n) is 15.7. The third-order valence-corrected chi connectivity index (χ3v) is 9.18. The molecule has 2 aliphatic rings. The molecule has 0 bridgehead atoms. The first-order chi connectivity index (χ1) is 22.5. The highest BCUT2D eigenvalue weighted by molar-refractivity contribution is 5.70. The highest BCUT2D eigenvalue weighted by Gasteiger charge is 2.41. The summed E-state index contributed by atoms with van der Waals surface area (Å²) in [6, 6.07) is 2.07. The van der Waals surface area contributed by atoms with Crippen LogP contribution in [0.4, 0.5) is 37.1 Å². The molecular formula is C33H37F6N5O4. The van der Waals surface area contributed by atoms with Gasteiger partial charge >= 0.3 is 24.4 Å². The van der Waals surface area contributed by atoms with E-state index in [0.717, 1.165) is 5.56 Å². The Hall–Kier alpha value is -4.30. The molecule has 48 heavy (non-hydrogen) atoms. The van der Waals surface area contributed by atoms with E-state index in [-0.39, 0.29) is 24.1 Å². The minimum atomic E-state index is -5.00. The summed E-state index contributed by atoms with van der Waals surface area (Å²) < 4.78 is 89.9. The van der Waals surface area contributed by atoms with Crippen molar-refractivity contribution in [2.75, 3.05) is 4.90 Å². The molecule has 1 aromatic carbocycles. The Balaban J connectivity index is 1.41. The summed E-state index contributed by atoms with van der Waals surface area (Å²) in [7, 11) is 1.85. The zero-order valence-corrected chi connectivity index (χ0v) is 26.6. The van der Waals surface area contributed by atoms with Gasteiger partial charge in [-0.25, -0.2) is 14.8 Å². The predicted octanol–water partition coefficient (Wildman–Crippen LogP) is 7.55. The van der Waals surface area contributed by atoms with Gasteiger partial charge in [-0.2, -0.15) is 26.3 Å². The molecule has 5 rings (SSSR count). The van der Waals surface area contributed by atoms with Gasteiger partial charge in [-0.15, -0.1) is 0 Å². The van der Waals surface area contributed by atoms with E-state index in [4.69, 9.17) is 4.74 Å². The van der Waals surface area contributed by atoms with Crippen LogP contribution in [0.15, 0.2) is 49.1 Å². The molecule has 1 N–H and O–H groups in total. The van der Waals surface area contributed by atoms with E-state index in [1.807, 2.05) is 30.1 Å². The number of benzene rings is 1. The number of rotatable bonds is 7. The van der Waals surface area contributed by atoms with Crippen LogP contribution in [0.25, 0.3) is 11.1 Å². The van der Waals surface area contributed by atoms with Crippen molar-refractivity contribution in [3.63, 3.8) is 0 Å². The lowest BCUT2D eigenvalue weighted by atomic mass is 9.87. The Kier molecular flexibility index (Phi) is 9.97. The topological polar surface area (TPSA) is 101 Å². The smallest absolute Gasteiger partial charge is 0.416 e. The van der Waals surface area contributed by atoms with Gasteiger partial charge in [0.15, 0.2) is 0 Å². The third kappa shape index (κ3) is 8.04. The summed E-state index contributed by atoms with van der Waals surface area (Å²) in [5.74, 6) is -1.21. The lowest BCUT2D eigenvalue weighted by Gasteiger charge is -2.46. The number of ether oxygens (including phenoxy) is 1. The fourth-order valence-corrected chi connectivity index (χ4v) is 6.75. The largest absolute Gasteiger partial charge is 0.481 e. The number of carboxylic acids is 1. The van der Waals surface area contributed by atoms with Crippen molar-refractivity contribution in [1.82, 2.24) is 19.4 Å². The van der Waals surface area contributed by atoms with Gasteiger partial charge in [0.1, 0.15) is 6.10 Å². The molecule has 0 radical (unpaired) electrons. The molecule has 2 aromatic heterocycles. The molecule has 2 fully saturated rings. The van der Waals surface area contributed by atoms with Crippen molar-refractivity contribution >= 4 is 18.0 Å². The minimum absolute atomic E-state index is 0.0986. The molecule has 1 saturated heterocycles. The molecule has 15 heteroatoms. The maximum absolute atomic E-state index is 13.7. The van der Waals surface area contributed by atoms with Crippen molar-refractivity contribution in [3.05, 3.63) is 65.7 Å². The second-order valence-electron chi connectivity index (χ2n) is 12.8. The summed E-state index contributed by atoms with van der Waals surface area (Å²) in [5, 5.41) is 9.26. The van der Waals surface area contributed by atoms with E-state index < -0.39 is 65.7 Å². The third-order valence-electron chi connectivity index (χ3n) is 9.18. The van der Waals surface area contributed by atoms with Crippen molar-refractivity contribution in [1.29, 1.82) is 0 Å². The standard InChI is InChI=1S/C33H37F6N5O4/c1-19-10-27(11-20(2)44(19)31(47)48-28-6-4-22(5-7-28)29(45)46)43(30-40-15-24(16-41-30)23-8-9-42(3)18-23)17-21-12-25(32(34,35)36)14-26(13-21)33(37,38)39/h8-9,12-16,18-20,22,27-28H,4-7,10-11,17H2,1-3H3,(H,45,46)/t19-,20+,22-,27+,28-. The number of carbonyl (C=O) groups excluding carboxylic acids is 1. The van der Waals surface area contributed by atoms with Crippen LogP contribution >= 0.6 is 0 Å². The van der Waals surface area contributed by atoms with Crippen LogP contribution in [-0.2, 0) is 35.5 Å². The second kappa shape index (κ2) is 13.7. The number of halogens is 6. The van der Waals surface area contributed by atoms with Crippen LogP contribution in [0.2, 0.25) is 0 Å². The Morgan fingerprint density at radius 3 is 1.96 bits per heavy atom. The van der Waals surface area contributed by atoms with E-state index >= 15 is 0 Å². The van der Waals surface area contributed by atoms with Crippen molar-refractivity contribution in [2.24, 2.45) is 13.0 Å². The molecule has 3 atom stereocenters. The Bertz CT molecular complexity index is 1560.